The van der Waals surface area contributed by atoms with Crippen LogP contribution in [0.15, 0.2) is 0 Å². The van der Waals surface area contributed by atoms with Crippen LogP contribution in [-0.2, 0) is 4.74 Å². The van der Waals surface area contributed by atoms with Gasteiger partial charge in [0.25, 0.3) is 0 Å². The molecule has 1 aliphatic heterocycles. The van der Waals surface area contributed by atoms with Crippen LogP contribution in [0.1, 0.15) is 58.3 Å². The van der Waals surface area contributed by atoms with Crippen molar-refractivity contribution < 1.29 is 4.74 Å². The minimum Gasteiger partial charge on any atom is -0.381 e. The molecule has 1 unspecified atom stereocenters. The lowest BCUT2D eigenvalue weighted by Crippen LogP contribution is -2.33. The van der Waals surface area contributed by atoms with Crippen LogP contribution in [0, 0.1) is 5.41 Å². The molecule has 0 aromatic carbocycles. The van der Waals surface area contributed by atoms with E-state index in [2.05, 4.69) is 19.3 Å². The molecule has 1 N–H and O–H groups in total. The second-order valence-corrected chi connectivity index (χ2v) is 5.35. The fourth-order valence-corrected chi connectivity index (χ4v) is 2.73. The number of ether oxygens (including phenoxy) is 1. The molecular formula is C14H29NO. The zero-order valence-corrected chi connectivity index (χ0v) is 11.2. The molecule has 2 heteroatoms. The van der Waals surface area contributed by atoms with E-state index < -0.39 is 0 Å². The van der Waals surface area contributed by atoms with Crippen LogP contribution in [0.25, 0.3) is 0 Å². The first-order chi connectivity index (χ1) is 7.83. The smallest absolute Gasteiger partial charge is 0.0535 e. The van der Waals surface area contributed by atoms with Crippen molar-refractivity contribution in [1.82, 2.24) is 5.32 Å². The molecule has 0 radical (unpaired) electrons. The average molecular weight is 227 g/mol. The fraction of sp³-hybridized carbons (Fsp3) is 1.00. The predicted molar refractivity (Wildman–Crippen MR) is 69.8 cm³/mol. The second kappa shape index (κ2) is 8.08. The molecule has 0 saturated carbocycles. The van der Waals surface area contributed by atoms with Gasteiger partial charge in [0.1, 0.15) is 0 Å². The van der Waals surface area contributed by atoms with Crippen LogP contribution in [-0.4, -0.2) is 26.8 Å². The fourth-order valence-electron chi connectivity index (χ4n) is 2.73. The first-order valence-corrected chi connectivity index (χ1v) is 7.05. The van der Waals surface area contributed by atoms with Crippen molar-refractivity contribution in [3.63, 3.8) is 0 Å². The summed E-state index contributed by atoms with van der Waals surface area (Å²) in [6.07, 6.45) is 11.0. The Balaban J connectivity index is 2.08. The van der Waals surface area contributed by atoms with Gasteiger partial charge in [-0.3, -0.25) is 0 Å². The molecule has 1 heterocycles. The van der Waals surface area contributed by atoms with Crippen LogP contribution in [0.2, 0.25) is 0 Å². The average Bonchev–Trinajstić information content (AvgIpc) is 2.73. The second-order valence-electron chi connectivity index (χ2n) is 5.35. The molecule has 1 aliphatic rings. The van der Waals surface area contributed by atoms with Gasteiger partial charge in [0, 0.05) is 18.6 Å². The Bertz CT molecular complexity index is 164. The molecule has 0 aromatic rings. The highest BCUT2D eigenvalue weighted by atomic mass is 16.5. The van der Waals surface area contributed by atoms with Gasteiger partial charge in [-0.1, -0.05) is 45.4 Å². The van der Waals surface area contributed by atoms with Gasteiger partial charge < -0.3 is 10.1 Å². The normalized spacial score (nSPS) is 25.1. The van der Waals surface area contributed by atoms with Crippen LogP contribution in [0.4, 0.5) is 0 Å². The molecule has 1 atom stereocenters. The lowest BCUT2D eigenvalue weighted by Gasteiger charge is -2.27. The summed E-state index contributed by atoms with van der Waals surface area (Å²) in [5.74, 6) is 0. The van der Waals surface area contributed by atoms with Crippen molar-refractivity contribution in [3.8, 4) is 0 Å². The molecule has 1 fully saturated rings. The Labute approximate surface area is 101 Å². The highest BCUT2D eigenvalue weighted by Gasteiger charge is 2.33. The van der Waals surface area contributed by atoms with Crippen molar-refractivity contribution in [2.75, 3.05) is 26.8 Å². The zero-order chi connectivity index (χ0) is 11.7. The summed E-state index contributed by atoms with van der Waals surface area (Å²) in [4.78, 5) is 0. The number of nitrogens with one attached hydrogen (secondary N) is 1. The third-order valence-electron chi connectivity index (χ3n) is 3.80. The molecule has 0 bridgehead atoms. The van der Waals surface area contributed by atoms with Crippen LogP contribution in [0.5, 0.6) is 0 Å². The maximum absolute atomic E-state index is 5.57. The summed E-state index contributed by atoms with van der Waals surface area (Å²) in [6, 6.07) is 0. The van der Waals surface area contributed by atoms with E-state index in [1.807, 2.05) is 0 Å². The third-order valence-corrected chi connectivity index (χ3v) is 3.80. The molecule has 2 nitrogen and oxygen atoms in total. The van der Waals surface area contributed by atoms with E-state index >= 15 is 0 Å². The molecule has 1 rings (SSSR count). The lowest BCUT2D eigenvalue weighted by molar-refractivity contribution is 0.143. The highest BCUT2D eigenvalue weighted by Crippen LogP contribution is 2.33. The Morgan fingerprint density at radius 1 is 1.12 bits per heavy atom. The van der Waals surface area contributed by atoms with Crippen LogP contribution >= 0.6 is 0 Å². The number of unbranched alkanes of at least 4 members (excludes halogenated alkanes) is 5. The number of hydrogen-bond donors (Lipinski definition) is 1. The molecule has 96 valence electrons. The Hall–Kier alpha value is -0.0800. The van der Waals surface area contributed by atoms with Crippen molar-refractivity contribution in [2.24, 2.45) is 5.41 Å². The summed E-state index contributed by atoms with van der Waals surface area (Å²) in [5.41, 5.74) is 0.458. The predicted octanol–water partition coefficient (Wildman–Crippen LogP) is 3.36. The van der Waals surface area contributed by atoms with Gasteiger partial charge in [0.05, 0.1) is 6.61 Å². The zero-order valence-electron chi connectivity index (χ0n) is 11.2. The van der Waals surface area contributed by atoms with Gasteiger partial charge in [-0.05, 0) is 19.9 Å². The molecule has 0 aliphatic carbocycles. The quantitative estimate of drug-likeness (QED) is 0.610. The minimum atomic E-state index is 0.458. The summed E-state index contributed by atoms with van der Waals surface area (Å²) in [5, 5.41) is 3.33. The molecule has 0 spiro atoms. The van der Waals surface area contributed by atoms with Crippen molar-refractivity contribution in [1.29, 1.82) is 0 Å². The van der Waals surface area contributed by atoms with E-state index in [1.165, 1.54) is 51.4 Å². The number of hydrogen-bond acceptors (Lipinski definition) is 2. The standard InChI is InChI=1S/C14H29NO/c1-3-4-5-6-7-8-9-14(12-15-2)10-11-16-13-14/h15H,3-13H2,1-2H3. The first kappa shape index (κ1) is 14.0. The summed E-state index contributed by atoms with van der Waals surface area (Å²) in [7, 11) is 2.06. The van der Waals surface area contributed by atoms with Gasteiger partial charge in [-0.2, -0.15) is 0 Å². The maximum atomic E-state index is 5.57. The molecule has 1 saturated heterocycles. The molecule has 16 heavy (non-hydrogen) atoms. The Kier molecular flexibility index (Phi) is 7.06. The van der Waals surface area contributed by atoms with Crippen LogP contribution < -0.4 is 5.32 Å². The first-order valence-electron chi connectivity index (χ1n) is 7.05. The van der Waals surface area contributed by atoms with Gasteiger partial charge >= 0.3 is 0 Å². The SMILES string of the molecule is CCCCCCCCC1(CNC)CCOC1. The largest absolute Gasteiger partial charge is 0.381 e. The van der Waals surface area contributed by atoms with Crippen molar-refractivity contribution >= 4 is 0 Å². The van der Waals surface area contributed by atoms with E-state index in [0.717, 1.165) is 19.8 Å². The number of rotatable bonds is 9. The maximum Gasteiger partial charge on any atom is 0.0535 e. The molecular weight excluding hydrogens is 198 g/mol. The van der Waals surface area contributed by atoms with E-state index in [9.17, 15) is 0 Å². The minimum absolute atomic E-state index is 0.458. The molecule has 0 amide bonds. The van der Waals surface area contributed by atoms with Crippen LogP contribution in [0.3, 0.4) is 0 Å². The van der Waals surface area contributed by atoms with Gasteiger partial charge in [-0.25, -0.2) is 0 Å². The van der Waals surface area contributed by atoms with E-state index in [-0.39, 0.29) is 0 Å². The monoisotopic (exact) mass is 227 g/mol. The lowest BCUT2D eigenvalue weighted by atomic mass is 9.81. The summed E-state index contributed by atoms with van der Waals surface area (Å²) >= 11 is 0. The van der Waals surface area contributed by atoms with Crippen molar-refractivity contribution in [3.05, 3.63) is 0 Å². The van der Waals surface area contributed by atoms with E-state index in [0.29, 0.717) is 5.41 Å². The van der Waals surface area contributed by atoms with Gasteiger partial charge in [-0.15, -0.1) is 0 Å². The topological polar surface area (TPSA) is 21.3 Å². The van der Waals surface area contributed by atoms with Gasteiger partial charge in [0.2, 0.25) is 0 Å². The Morgan fingerprint density at radius 2 is 1.88 bits per heavy atom. The Morgan fingerprint density at radius 3 is 2.50 bits per heavy atom. The van der Waals surface area contributed by atoms with Crippen molar-refractivity contribution in [2.45, 2.75) is 58.3 Å². The van der Waals surface area contributed by atoms with E-state index in [4.69, 9.17) is 4.74 Å². The summed E-state index contributed by atoms with van der Waals surface area (Å²) < 4.78 is 5.57. The highest BCUT2D eigenvalue weighted by molar-refractivity contribution is 4.84. The molecule has 0 aromatic heterocycles. The van der Waals surface area contributed by atoms with E-state index in [1.54, 1.807) is 0 Å². The summed E-state index contributed by atoms with van der Waals surface area (Å²) in [6.45, 7) is 5.35. The third kappa shape index (κ3) is 4.84. The van der Waals surface area contributed by atoms with Gasteiger partial charge in [0.15, 0.2) is 0 Å².